The molecule has 6 nitrogen and oxygen atoms in total. The smallest absolute Gasteiger partial charge is 0.276 e. The van der Waals surface area contributed by atoms with Crippen LogP contribution in [0.25, 0.3) is 0 Å². The second-order valence-corrected chi connectivity index (χ2v) is 7.18. The topological polar surface area (TPSA) is 79.5 Å². The molecule has 8 heteroatoms. The third-order valence-electron chi connectivity index (χ3n) is 3.56. The van der Waals surface area contributed by atoms with E-state index in [0.717, 1.165) is 5.56 Å². The number of hydrogen-bond donors (Lipinski definition) is 3. The number of amides is 2. The zero-order valence-electron chi connectivity index (χ0n) is 14.9. The molecule has 0 heterocycles. The average molecular weight is 450 g/mol. The molecule has 0 bridgehead atoms. The van der Waals surface area contributed by atoms with E-state index in [-0.39, 0.29) is 17.6 Å². The van der Waals surface area contributed by atoms with Crippen molar-refractivity contribution in [2.24, 2.45) is 0 Å². The molecule has 0 saturated carbocycles. The van der Waals surface area contributed by atoms with Gasteiger partial charge in [0.1, 0.15) is 5.75 Å². The van der Waals surface area contributed by atoms with E-state index in [9.17, 15) is 9.59 Å². The Morgan fingerprint density at radius 1 is 1.07 bits per heavy atom. The van der Waals surface area contributed by atoms with Crippen molar-refractivity contribution >= 4 is 45.1 Å². The summed E-state index contributed by atoms with van der Waals surface area (Å²) in [5, 5.41) is 2.46. The normalized spacial score (nSPS) is 10.2. The standard InChI is InChI=1S/C19H20BrN3O3S/c1-12(2)13-7-4-6-10-16(13)26-11-17(24)22-23-19(27)21-18(25)14-8-3-5-9-15(14)20/h3-10,12H,11H2,1-2H3,(H,22,24)(H2,21,23,25,27). The molecule has 0 saturated heterocycles. The Kier molecular flexibility index (Phi) is 7.75. The number of hydrogen-bond acceptors (Lipinski definition) is 4. The lowest BCUT2D eigenvalue weighted by Gasteiger charge is -2.14. The van der Waals surface area contributed by atoms with Crippen LogP contribution in [0.2, 0.25) is 0 Å². The zero-order chi connectivity index (χ0) is 19.8. The molecule has 2 aromatic rings. The Labute approximate surface area is 171 Å². The maximum atomic E-state index is 12.1. The minimum Gasteiger partial charge on any atom is -0.483 e. The fraction of sp³-hybridized carbons (Fsp3) is 0.211. The van der Waals surface area contributed by atoms with Gasteiger partial charge >= 0.3 is 0 Å². The molecule has 0 aliphatic rings. The van der Waals surface area contributed by atoms with Gasteiger partial charge in [-0.15, -0.1) is 0 Å². The molecule has 0 aromatic heterocycles. The van der Waals surface area contributed by atoms with Crippen LogP contribution in [0.5, 0.6) is 5.75 Å². The van der Waals surface area contributed by atoms with Crippen molar-refractivity contribution in [3.05, 3.63) is 64.1 Å². The summed E-state index contributed by atoms with van der Waals surface area (Å²) >= 11 is 8.31. The Balaban J connectivity index is 1.79. The molecule has 3 N–H and O–H groups in total. The highest BCUT2D eigenvalue weighted by molar-refractivity contribution is 9.10. The number of carbonyl (C=O) groups excluding carboxylic acids is 2. The molecule has 0 atom stereocenters. The number of halogens is 1. The van der Waals surface area contributed by atoms with Gasteiger partial charge in [-0.3, -0.25) is 25.8 Å². The Hall–Kier alpha value is -2.45. The van der Waals surface area contributed by atoms with Gasteiger partial charge in [-0.05, 0) is 57.8 Å². The van der Waals surface area contributed by atoms with Crippen molar-refractivity contribution in [1.29, 1.82) is 0 Å². The number of para-hydroxylation sites is 1. The van der Waals surface area contributed by atoms with Gasteiger partial charge in [-0.2, -0.15) is 0 Å². The first-order chi connectivity index (χ1) is 12.9. The summed E-state index contributed by atoms with van der Waals surface area (Å²) in [4.78, 5) is 24.1. The van der Waals surface area contributed by atoms with Crippen LogP contribution in [0.1, 0.15) is 35.7 Å². The summed E-state index contributed by atoms with van der Waals surface area (Å²) in [5.41, 5.74) is 6.33. The van der Waals surface area contributed by atoms with Crippen LogP contribution >= 0.6 is 28.1 Å². The van der Waals surface area contributed by atoms with Crippen LogP contribution in [-0.2, 0) is 4.79 Å². The van der Waals surface area contributed by atoms with Crippen LogP contribution in [0.4, 0.5) is 0 Å². The molecular weight excluding hydrogens is 430 g/mol. The number of rotatable bonds is 5. The van der Waals surface area contributed by atoms with Crippen molar-refractivity contribution in [3.63, 3.8) is 0 Å². The zero-order valence-corrected chi connectivity index (χ0v) is 17.3. The van der Waals surface area contributed by atoms with Crippen LogP contribution in [0.3, 0.4) is 0 Å². The second kappa shape index (κ2) is 10.0. The summed E-state index contributed by atoms with van der Waals surface area (Å²) in [7, 11) is 0. The van der Waals surface area contributed by atoms with Crippen molar-refractivity contribution < 1.29 is 14.3 Å². The highest BCUT2D eigenvalue weighted by Gasteiger charge is 2.12. The van der Waals surface area contributed by atoms with Crippen LogP contribution in [0, 0.1) is 0 Å². The minimum atomic E-state index is -0.425. The Bertz CT molecular complexity index is 842. The molecule has 2 rings (SSSR count). The van der Waals surface area contributed by atoms with E-state index in [1.54, 1.807) is 24.3 Å². The first kappa shape index (κ1) is 20.9. The SMILES string of the molecule is CC(C)c1ccccc1OCC(=O)NNC(=S)NC(=O)c1ccccc1Br. The van der Waals surface area contributed by atoms with E-state index < -0.39 is 11.8 Å². The number of ether oxygens (including phenoxy) is 1. The van der Waals surface area contributed by atoms with Gasteiger partial charge in [0.15, 0.2) is 11.7 Å². The molecule has 0 spiro atoms. The van der Waals surface area contributed by atoms with Gasteiger partial charge in [-0.25, -0.2) is 0 Å². The first-order valence-corrected chi connectivity index (χ1v) is 9.45. The van der Waals surface area contributed by atoms with Crippen LogP contribution in [-0.4, -0.2) is 23.5 Å². The molecule has 0 fully saturated rings. The molecule has 2 amide bonds. The van der Waals surface area contributed by atoms with Gasteiger partial charge in [-0.1, -0.05) is 44.2 Å². The van der Waals surface area contributed by atoms with Crippen molar-refractivity contribution in [2.45, 2.75) is 19.8 Å². The average Bonchev–Trinajstić information content (AvgIpc) is 2.65. The van der Waals surface area contributed by atoms with Gasteiger partial charge in [0, 0.05) is 4.47 Å². The summed E-state index contributed by atoms with van der Waals surface area (Å²) < 4.78 is 6.21. The molecule has 0 unspecified atom stereocenters. The molecule has 27 heavy (non-hydrogen) atoms. The fourth-order valence-electron chi connectivity index (χ4n) is 2.24. The lowest BCUT2D eigenvalue weighted by molar-refractivity contribution is -0.123. The number of benzene rings is 2. The third-order valence-corrected chi connectivity index (χ3v) is 4.46. The number of hydrazine groups is 1. The molecular formula is C19H20BrN3O3S. The van der Waals surface area contributed by atoms with Gasteiger partial charge < -0.3 is 4.74 Å². The molecule has 0 radical (unpaired) electrons. The van der Waals surface area contributed by atoms with Crippen molar-refractivity contribution in [2.75, 3.05) is 6.61 Å². The highest BCUT2D eigenvalue weighted by Crippen LogP contribution is 2.25. The van der Waals surface area contributed by atoms with Gasteiger partial charge in [0.25, 0.3) is 11.8 Å². The largest absolute Gasteiger partial charge is 0.483 e. The number of thiocarbonyl (C=S) groups is 1. The van der Waals surface area contributed by atoms with E-state index in [1.165, 1.54) is 0 Å². The predicted molar refractivity (Wildman–Crippen MR) is 112 cm³/mol. The fourth-order valence-corrected chi connectivity index (χ4v) is 2.85. The van der Waals surface area contributed by atoms with E-state index in [1.807, 2.05) is 24.3 Å². The van der Waals surface area contributed by atoms with E-state index >= 15 is 0 Å². The molecule has 0 aliphatic carbocycles. The Morgan fingerprint density at radius 2 is 1.74 bits per heavy atom. The lowest BCUT2D eigenvalue weighted by Crippen LogP contribution is -2.49. The van der Waals surface area contributed by atoms with Crippen molar-refractivity contribution in [1.82, 2.24) is 16.2 Å². The van der Waals surface area contributed by atoms with E-state index in [2.05, 4.69) is 45.9 Å². The molecule has 0 aliphatic heterocycles. The summed E-state index contributed by atoms with van der Waals surface area (Å²) in [6, 6.07) is 14.5. The molecule has 142 valence electrons. The maximum absolute atomic E-state index is 12.1. The monoisotopic (exact) mass is 449 g/mol. The van der Waals surface area contributed by atoms with E-state index in [4.69, 9.17) is 17.0 Å². The lowest BCUT2D eigenvalue weighted by atomic mass is 10.0. The number of carbonyl (C=O) groups is 2. The third kappa shape index (κ3) is 6.33. The summed E-state index contributed by atoms with van der Waals surface area (Å²) in [6.07, 6.45) is 0. The first-order valence-electron chi connectivity index (χ1n) is 8.25. The molecule has 2 aromatic carbocycles. The number of nitrogens with one attached hydrogen (secondary N) is 3. The van der Waals surface area contributed by atoms with Gasteiger partial charge in [0.2, 0.25) is 0 Å². The minimum absolute atomic E-state index is 0.0216. The van der Waals surface area contributed by atoms with E-state index in [0.29, 0.717) is 15.8 Å². The maximum Gasteiger partial charge on any atom is 0.276 e. The highest BCUT2D eigenvalue weighted by atomic mass is 79.9. The predicted octanol–water partition coefficient (Wildman–Crippen LogP) is 3.29. The summed E-state index contributed by atoms with van der Waals surface area (Å²) in [5.74, 6) is 0.123. The van der Waals surface area contributed by atoms with Gasteiger partial charge in [0.05, 0.1) is 5.56 Å². The quantitative estimate of drug-likeness (QED) is 0.482. The van der Waals surface area contributed by atoms with Crippen LogP contribution in [0.15, 0.2) is 53.0 Å². The summed E-state index contributed by atoms with van der Waals surface area (Å²) in [6.45, 7) is 3.92. The van der Waals surface area contributed by atoms with Crippen molar-refractivity contribution in [3.8, 4) is 5.75 Å². The second-order valence-electron chi connectivity index (χ2n) is 5.92. The van der Waals surface area contributed by atoms with Crippen LogP contribution < -0.4 is 20.9 Å². The Morgan fingerprint density at radius 3 is 2.44 bits per heavy atom.